The molecule has 1 aromatic rings. The average molecular weight is 262 g/mol. The van der Waals surface area contributed by atoms with Crippen molar-refractivity contribution in [3.05, 3.63) is 22.2 Å². The van der Waals surface area contributed by atoms with Crippen LogP contribution in [0, 0.1) is 0 Å². The number of anilines is 1. The van der Waals surface area contributed by atoms with Crippen molar-refractivity contribution in [1.29, 1.82) is 0 Å². The standard InChI is InChI=1S/C14H22N4O/c1-3-12-15-13(8-14(19)16-12)18-7-6-10-4-5-11(9-18)17(10)2/h8,10-11H,3-7,9H2,1-2H3,(H,15,16,19). The van der Waals surface area contributed by atoms with Crippen LogP contribution in [0.25, 0.3) is 0 Å². The highest BCUT2D eigenvalue weighted by atomic mass is 16.1. The summed E-state index contributed by atoms with van der Waals surface area (Å²) >= 11 is 0. The third-order valence-electron chi connectivity index (χ3n) is 4.58. The molecule has 0 aliphatic carbocycles. The summed E-state index contributed by atoms with van der Waals surface area (Å²) in [5.41, 5.74) is -0.0374. The normalized spacial score (nSPS) is 27.6. The third-order valence-corrected chi connectivity index (χ3v) is 4.58. The molecule has 2 fully saturated rings. The molecule has 5 nitrogen and oxygen atoms in total. The van der Waals surface area contributed by atoms with Crippen molar-refractivity contribution in [3.8, 4) is 0 Å². The van der Waals surface area contributed by atoms with E-state index in [4.69, 9.17) is 0 Å². The molecule has 0 spiro atoms. The molecule has 104 valence electrons. The van der Waals surface area contributed by atoms with Gasteiger partial charge in [-0.3, -0.25) is 9.69 Å². The highest BCUT2D eigenvalue weighted by Gasteiger charge is 2.35. The summed E-state index contributed by atoms with van der Waals surface area (Å²) in [7, 11) is 2.23. The Balaban J connectivity index is 1.86. The Morgan fingerprint density at radius 1 is 1.37 bits per heavy atom. The first-order valence-electron chi connectivity index (χ1n) is 7.24. The maximum atomic E-state index is 11.7. The number of likely N-dealkylation sites (N-methyl/N-ethyl adjacent to an activating group) is 1. The number of aromatic nitrogens is 2. The topological polar surface area (TPSA) is 52.2 Å². The first kappa shape index (κ1) is 12.7. The van der Waals surface area contributed by atoms with Gasteiger partial charge in [-0.25, -0.2) is 4.98 Å². The van der Waals surface area contributed by atoms with Gasteiger partial charge in [-0.1, -0.05) is 6.92 Å². The fraction of sp³-hybridized carbons (Fsp3) is 0.714. The van der Waals surface area contributed by atoms with E-state index in [1.807, 2.05) is 6.92 Å². The Bertz CT molecular complexity index is 512. The van der Waals surface area contributed by atoms with E-state index in [9.17, 15) is 4.79 Å². The van der Waals surface area contributed by atoms with Gasteiger partial charge in [0.1, 0.15) is 11.6 Å². The van der Waals surface area contributed by atoms with E-state index in [0.29, 0.717) is 12.1 Å². The minimum Gasteiger partial charge on any atom is -0.355 e. The monoisotopic (exact) mass is 262 g/mol. The number of aromatic amines is 1. The Labute approximate surface area is 113 Å². The number of hydrogen-bond acceptors (Lipinski definition) is 4. The lowest BCUT2D eigenvalue weighted by Crippen LogP contribution is -2.37. The van der Waals surface area contributed by atoms with E-state index in [0.717, 1.165) is 31.2 Å². The van der Waals surface area contributed by atoms with Crippen LogP contribution < -0.4 is 10.5 Å². The van der Waals surface area contributed by atoms with Crippen LogP contribution in [-0.4, -0.2) is 47.1 Å². The van der Waals surface area contributed by atoms with Crippen LogP contribution in [0.5, 0.6) is 0 Å². The van der Waals surface area contributed by atoms with Gasteiger partial charge < -0.3 is 9.88 Å². The molecule has 2 bridgehead atoms. The van der Waals surface area contributed by atoms with Crippen molar-refractivity contribution >= 4 is 5.82 Å². The predicted octanol–water partition coefficient (Wildman–Crippen LogP) is 1.01. The van der Waals surface area contributed by atoms with Gasteiger partial charge in [0.25, 0.3) is 5.56 Å². The SMILES string of the molecule is CCc1nc(N2CCC3CCC(C2)N3C)cc(=O)[nH]1. The minimum atomic E-state index is -0.0374. The average Bonchev–Trinajstić information content (AvgIpc) is 2.62. The number of hydrogen-bond donors (Lipinski definition) is 1. The van der Waals surface area contributed by atoms with Crippen molar-refractivity contribution in [1.82, 2.24) is 14.9 Å². The Hall–Kier alpha value is -1.36. The van der Waals surface area contributed by atoms with Crippen molar-refractivity contribution in [2.45, 2.75) is 44.7 Å². The van der Waals surface area contributed by atoms with Crippen molar-refractivity contribution in [2.75, 3.05) is 25.0 Å². The van der Waals surface area contributed by atoms with Crippen LogP contribution in [0.15, 0.2) is 10.9 Å². The molecule has 0 radical (unpaired) electrons. The zero-order chi connectivity index (χ0) is 13.4. The second-order valence-corrected chi connectivity index (χ2v) is 5.69. The second-order valence-electron chi connectivity index (χ2n) is 5.69. The summed E-state index contributed by atoms with van der Waals surface area (Å²) in [5, 5.41) is 0. The molecule has 1 N–H and O–H groups in total. The summed E-state index contributed by atoms with van der Waals surface area (Å²) in [5.74, 6) is 1.63. The molecule has 2 aliphatic heterocycles. The number of aryl methyl sites for hydroxylation is 1. The Morgan fingerprint density at radius 2 is 2.16 bits per heavy atom. The summed E-state index contributed by atoms with van der Waals surface area (Å²) in [6.45, 7) is 4.01. The highest BCUT2D eigenvalue weighted by molar-refractivity contribution is 5.38. The number of H-pyrrole nitrogens is 1. The van der Waals surface area contributed by atoms with Crippen LogP contribution in [0.4, 0.5) is 5.82 Å². The molecule has 2 unspecified atom stereocenters. The molecular formula is C14H22N4O. The summed E-state index contributed by atoms with van der Waals surface area (Å²) in [6, 6.07) is 2.96. The Morgan fingerprint density at radius 3 is 2.95 bits per heavy atom. The number of rotatable bonds is 2. The smallest absolute Gasteiger partial charge is 0.252 e. The van der Waals surface area contributed by atoms with Crippen LogP contribution in [0.2, 0.25) is 0 Å². The van der Waals surface area contributed by atoms with Crippen molar-refractivity contribution in [3.63, 3.8) is 0 Å². The van der Waals surface area contributed by atoms with E-state index < -0.39 is 0 Å². The quantitative estimate of drug-likeness (QED) is 0.864. The molecule has 0 amide bonds. The molecule has 5 heteroatoms. The molecule has 19 heavy (non-hydrogen) atoms. The predicted molar refractivity (Wildman–Crippen MR) is 75.6 cm³/mol. The van der Waals surface area contributed by atoms with Gasteiger partial charge in [-0.05, 0) is 26.3 Å². The zero-order valence-corrected chi connectivity index (χ0v) is 11.7. The van der Waals surface area contributed by atoms with Gasteiger partial charge in [0.05, 0.1) is 0 Å². The third kappa shape index (κ3) is 2.39. The van der Waals surface area contributed by atoms with Crippen LogP contribution in [0.1, 0.15) is 32.0 Å². The Kier molecular flexibility index (Phi) is 3.31. The molecule has 3 heterocycles. The summed E-state index contributed by atoms with van der Waals surface area (Å²) in [6.07, 6.45) is 4.52. The molecule has 2 atom stereocenters. The van der Waals surface area contributed by atoms with Gasteiger partial charge >= 0.3 is 0 Å². The number of nitrogens with one attached hydrogen (secondary N) is 1. The number of fused-ring (bicyclic) bond motifs is 2. The molecule has 2 aliphatic rings. The minimum absolute atomic E-state index is 0.0374. The fourth-order valence-corrected chi connectivity index (χ4v) is 3.34. The van der Waals surface area contributed by atoms with E-state index in [2.05, 4.69) is 26.8 Å². The van der Waals surface area contributed by atoms with E-state index in [1.165, 1.54) is 19.3 Å². The van der Waals surface area contributed by atoms with Crippen LogP contribution >= 0.6 is 0 Å². The lowest BCUT2D eigenvalue weighted by Gasteiger charge is -2.26. The maximum absolute atomic E-state index is 11.7. The second kappa shape index (κ2) is 4.96. The largest absolute Gasteiger partial charge is 0.355 e. The lowest BCUT2D eigenvalue weighted by molar-refractivity contribution is 0.254. The highest BCUT2D eigenvalue weighted by Crippen LogP contribution is 2.29. The van der Waals surface area contributed by atoms with E-state index >= 15 is 0 Å². The first-order valence-corrected chi connectivity index (χ1v) is 7.24. The van der Waals surface area contributed by atoms with Crippen molar-refractivity contribution < 1.29 is 0 Å². The maximum Gasteiger partial charge on any atom is 0.252 e. The zero-order valence-electron chi connectivity index (χ0n) is 11.7. The molecule has 1 aromatic heterocycles. The van der Waals surface area contributed by atoms with Crippen molar-refractivity contribution in [2.24, 2.45) is 0 Å². The molecule has 3 rings (SSSR count). The molecule has 2 saturated heterocycles. The number of nitrogens with zero attached hydrogens (tertiary/aromatic N) is 3. The van der Waals surface area contributed by atoms with Gasteiger partial charge in [0.2, 0.25) is 0 Å². The first-order chi connectivity index (χ1) is 9.17. The van der Waals surface area contributed by atoms with Crippen LogP contribution in [-0.2, 0) is 6.42 Å². The molecular weight excluding hydrogens is 240 g/mol. The molecule has 0 saturated carbocycles. The van der Waals surface area contributed by atoms with E-state index in [1.54, 1.807) is 6.07 Å². The lowest BCUT2D eigenvalue weighted by atomic mass is 10.1. The fourth-order valence-electron chi connectivity index (χ4n) is 3.34. The van der Waals surface area contributed by atoms with Gasteiger partial charge in [-0.15, -0.1) is 0 Å². The van der Waals surface area contributed by atoms with E-state index in [-0.39, 0.29) is 5.56 Å². The van der Waals surface area contributed by atoms with Crippen LogP contribution in [0.3, 0.4) is 0 Å². The summed E-state index contributed by atoms with van der Waals surface area (Å²) < 4.78 is 0. The summed E-state index contributed by atoms with van der Waals surface area (Å²) in [4.78, 5) is 23.9. The van der Waals surface area contributed by atoms with Gasteiger partial charge in [-0.2, -0.15) is 0 Å². The molecule has 0 aromatic carbocycles. The van der Waals surface area contributed by atoms with Gasteiger partial charge in [0, 0.05) is 37.7 Å². The van der Waals surface area contributed by atoms with Gasteiger partial charge in [0.15, 0.2) is 0 Å².